The predicted octanol–water partition coefficient (Wildman–Crippen LogP) is 4.28. The smallest absolute Gasteiger partial charge is 0.132 e. The van der Waals surface area contributed by atoms with E-state index >= 15 is 0 Å². The molecule has 2 rings (SSSR count). The standard InChI is InChI=1S/C14H11ClF2O/c15-8-10-4-1-2-7-14(10)18-9-11-12(16)5-3-6-13(11)17/h1-7H,8-9H2. The van der Waals surface area contributed by atoms with Gasteiger partial charge in [0.15, 0.2) is 0 Å². The summed E-state index contributed by atoms with van der Waals surface area (Å²) >= 11 is 5.75. The minimum atomic E-state index is -0.613. The molecule has 0 unspecified atom stereocenters. The number of alkyl halides is 1. The number of hydrogen-bond donors (Lipinski definition) is 0. The van der Waals surface area contributed by atoms with Crippen LogP contribution in [0, 0.1) is 11.6 Å². The van der Waals surface area contributed by atoms with E-state index in [4.69, 9.17) is 16.3 Å². The monoisotopic (exact) mass is 268 g/mol. The summed E-state index contributed by atoms with van der Waals surface area (Å²) in [5.41, 5.74) is 0.706. The summed E-state index contributed by atoms with van der Waals surface area (Å²) in [5.74, 6) is -0.400. The van der Waals surface area contributed by atoms with Gasteiger partial charge in [-0.1, -0.05) is 24.3 Å². The molecule has 0 amide bonds. The van der Waals surface area contributed by atoms with E-state index in [0.717, 1.165) is 5.56 Å². The van der Waals surface area contributed by atoms with Crippen molar-refractivity contribution in [2.75, 3.05) is 0 Å². The van der Waals surface area contributed by atoms with E-state index in [-0.39, 0.29) is 18.1 Å². The van der Waals surface area contributed by atoms with Crippen molar-refractivity contribution in [3.05, 3.63) is 65.2 Å². The van der Waals surface area contributed by atoms with Gasteiger partial charge >= 0.3 is 0 Å². The highest BCUT2D eigenvalue weighted by Crippen LogP contribution is 2.22. The summed E-state index contributed by atoms with van der Waals surface area (Å²) in [5, 5.41) is 0. The van der Waals surface area contributed by atoms with Gasteiger partial charge in [0.2, 0.25) is 0 Å². The third-order valence-electron chi connectivity index (χ3n) is 2.55. The lowest BCUT2D eigenvalue weighted by molar-refractivity contribution is 0.290. The molecule has 2 aromatic carbocycles. The van der Waals surface area contributed by atoms with Crippen LogP contribution in [0.1, 0.15) is 11.1 Å². The molecule has 0 radical (unpaired) electrons. The molecule has 0 aromatic heterocycles. The van der Waals surface area contributed by atoms with Gasteiger partial charge in [-0.05, 0) is 18.2 Å². The van der Waals surface area contributed by atoms with Crippen LogP contribution < -0.4 is 4.74 Å². The number of rotatable bonds is 4. The molecule has 2 aromatic rings. The Kier molecular flexibility index (Phi) is 4.15. The Bertz CT molecular complexity index is 523. The largest absolute Gasteiger partial charge is 0.488 e. The van der Waals surface area contributed by atoms with Crippen LogP contribution in [-0.2, 0) is 12.5 Å². The summed E-state index contributed by atoms with van der Waals surface area (Å²) in [4.78, 5) is 0. The summed E-state index contributed by atoms with van der Waals surface area (Å²) in [6.45, 7) is -0.160. The summed E-state index contributed by atoms with van der Waals surface area (Å²) in [7, 11) is 0. The van der Waals surface area contributed by atoms with E-state index in [2.05, 4.69) is 0 Å². The Labute approximate surface area is 109 Å². The molecule has 0 bridgehead atoms. The maximum atomic E-state index is 13.4. The lowest BCUT2D eigenvalue weighted by Gasteiger charge is -2.10. The maximum absolute atomic E-state index is 13.4. The summed E-state index contributed by atoms with van der Waals surface area (Å²) in [6.07, 6.45) is 0. The zero-order valence-corrected chi connectivity index (χ0v) is 10.3. The normalized spacial score (nSPS) is 10.4. The van der Waals surface area contributed by atoms with Crippen molar-refractivity contribution in [3.8, 4) is 5.75 Å². The minimum absolute atomic E-state index is 0.0816. The van der Waals surface area contributed by atoms with Gasteiger partial charge in [0.05, 0.1) is 11.4 Å². The molecule has 18 heavy (non-hydrogen) atoms. The van der Waals surface area contributed by atoms with Gasteiger partial charge in [0, 0.05) is 5.56 Å². The van der Waals surface area contributed by atoms with Crippen molar-refractivity contribution in [3.63, 3.8) is 0 Å². The number of hydrogen-bond acceptors (Lipinski definition) is 1. The van der Waals surface area contributed by atoms with E-state index < -0.39 is 11.6 Å². The SMILES string of the molecule is Fc1cccc(F)c1COc1ccccc1CCl. The molecule has 0 saturated heterocycles. The van der Waals surface area contributed by atoms with Crippen molar-refractivity contribution in [2.45, 2.75) is 12.5 Å². The first-order valence-electron chi connectivity index (χ1n) is 5.42. The molecule has 0 aliphatic carbocycles. The van der Waals surface area contributed by atoms with E-state index in [9.17, 15) is 8.78 Å². The molecular formula is C14H11ClF2O. The van der Waals surface area contributed by atoms with Crippen molar-refractivity contribution in [2.24, 2.45) is 0 Å². The zero-order chi connectivity index (χ0) is 13.0. The van der Waals surface area contributed by atoms with Gasteiger partial charge in [-0.2, -0.15) is 0 Å². The van der Waals surface area contributed by atoms with Crippen LogP contribution in [0.4, 0.5) is 8.78 Å². The van der Waals surface area contributed by atoms with Crippen LogP contribution in [0.25, 0.3) is 0 Å². The van der Waals surface area contributed by atoms with Crippen LogP contribution in [0.5, 0.6) is 5.75 Å². The quantitative estimate of drug-likeness (QED) is 0.752. The number of para-hydroxylation sites is 1. The maximum Gasteiger partial charge on any atom is 0.132 e. The van der Waals surface area contributed by atoms with Crippen LogP contribution in [-0.4, -0.2) is 0 Å². The Balaban J connectivity index is 2.16. The number of halogens is 3. The highest BCUT2D eigenvalue weighted by atomic mass is 35.5. The van der Waals surface area contributed by atoms with Gasteiger partial charge < -0.3 is 4.74 Å². The van der Waals surface area contributed by atoms with E-state index in [1.165, 1.54) is 18.2 Å². The molecule has 0 fully saturated rings. The Morgan fingerprint density at radius 2 is 1.61 bits per heavy atom. The van der Waals surface area contributed by atoms with Crippen LogP contribution in [0.15, 0.2) is 42.5 Å². The molecule has 0 saturated carbocycles. The molecule has 0 N–H and O–H groups in total. The highest BCUT2D eigenvalue weighted by Gasteiger charge is 2.10. The van der Waals surface area contributed by atoms with Gasteiger partial charge in [0.1, 0.15) is 24.0 Å². The second-order valence-electron chi connectivity index (χ2n) is 3.73. The molecule has 1 nitrogen and oxygen atoms in total. The molecule has 94 valence electrons. The molecular weight excluding hydrogens is 258 g/mol. The summed E-state index contributed by atoms with van der Waals surface area (Å²) < 4.78 is 32.2. The third kappa shape index (κ3) is 2.79. The van der Waals surface area contributed by atoms with Crippen LogP contribution in [0.2, 0.25) is 0 Å². The average molecular weight is 269 g/mol. The van der Waals surface area contributed by atoms with Crippen LogP contribution in [0.3, 0.4) is 0 Å². The van der Waals surface area contributed by atoms with Crippen molar-refractivity contribution in [1.82, 2.24) is 0 Å². The highest BCUT2D eigenvalue weighted by molar-refractivity contribution is 6.17. The van der Waals surface area contributed by atoms with Crippen molar-refractivity contribution >= 4 is 11.6 Å². The predicted molar refractivity (Wildman–Crippen MR) is 66.7 cm³/mol. The molecule has 0 aliphatic rings. The van der Waals surface area contributed by atoms with E-state index in [1.54, 1.807) is 18.2 Å². The Morgan fingerprint density at radius 1 is 0.944 bits per heavy atom. The van der Waals surface area contributed by atoms with Gasteiger partial charge in [0.25, 0.3) is 0 Å². The fourth-order valence-corrected chi connectivity index (χ4v) is 1.80. The molecule has 4 heteroatoms. The second-order valence-corrected chi connectivity index (χ2v) is 4.00. The third-order valence-corrected chi connectivity index (χ3v) is 2.84. The first kappa shape index (κ1) is 12.8. The van der Waals surface area contributed by atoms with Gasteiger partial charge in [-0.15, -0.1) is 11.6 Å². The lowest BCUT2D eigenvalue weighted by atomic mass is 10.2. The topological polar surface area (TPSA) is 9.23 Å². The van der Waals surface area contributed by atoms with E-state index in [1.807, 2.05) is 6.07 Å². The lowest BCUT2D eigenvalue weighted by Crippen LogP contribution is -2.03. The number of ether oxygens (including phenoxy) is 1. The minimum Gasteiger partial charge on any atom is -0.488 e. The van der Waals surface area contributed by atoms with Gasteiger partial charge in [-0.25, -0.2) is 8.78 Å². The zero-order valence-electron chi connectivity index (χ0n) is 9.50. The molecule has 0 atom stereocenters. The van der Waals surface area contributed by atoms with Crippen LogP contribution >= 0.6 is 11.6 Å². The fourth-order valence-electron chi connectivity index (χ4n) is 1.58. The first-order chi connectivity index (χ1) is 8.72. The first-order valence-corrected chi connectivity index (χ1v) is 5.95. The Morgan fingerprint density at radius 3 is 2.28 bits per heavy atom. The van der Waals surface area contributed by atoms with E-state index in [0.29, 0.717) is 5.75 Å². The Hall–Kier alpha value is -1.61. The van der Waals surface area contributed by atoms with Gasteiger partial charge in [-0.3, -0.25) is 0 Å². The second kappa shape index (κ2) is 5.83. The summed E-state index contributed by atoms with van der Waals surface area (Å²) in [6, 6.07) is 10.9. The number of benzene rings is 2. The van der Waals surface area contributed by atoms with Crippen molar-refractivity contribution < 1.29 is 13.5 Å². The molecule has 0 heterocycles. The molecule has 0 spiro atoms. The molecule has 0 aliphatic heterocycles. The fraction of sp³-hybridized carbons (Fsp3) is 0.143. The average Bonchev–Trinajstić information content (AvgIpc) is 2.38. The van der Waals surface area contributed by atoms with Crippen molar-refractivity contribution in [1.29, 1.82) is 0 Å².